The van der Waals surface area contributed by atoms with Crippen LogP contribution in [0.25, 0.3) is 0 Å². The molecule has 1 amide bonds. The van der Waals surface area contributed by atoms with Crippen LogP contribution in [0, 0.1) is 10.1 Å². The Labute approximate surface area is 162 Å². The number of anilines is 1. The van der Waals surface area contributed by atoms with Crippen molar-refractivity contribution in [1.82, 2.24) is 5.32 Å². The van der Waals surface area contributed by atoms with Crippen molar-refractivity contribution in [2.45, 2.75) is 25.3 Å². The maximum Gasteiger partial charge on any atom is 0.338 e. The first-order valence-electron chi connectivity index (χ1n) is 9.05. The molecule has 0 saturated heterocycles. The zero-order valence-electron chi connectivity index (χ0n) is 15.2. The quantitative estimate of drug-likeness (QED) is 0.391. The number of amides is 1. The normalized spacial score (nSPS) is 12.9. The average molecular weight is 383 g/mol. The van der Waals surface area contributed by atoms with Crippen molar-refractivity contribution < 1.29 is 19.2 Å². The fourth-order valence-electron chi connectivity index (χ4n) is 2.64. The van der Waals surface area contributed by atoms with E-state index in [1.165, 1.54) is 18.2 Å². The minimum atomic E-state index is -0.778. The van der Waals surface area contributed by atoms with Crippen LogP contribution in [-0.2, 0) is 16.0 Å². The number of rotatable bonds is 9. The lowest BCUT2D eigenvalue weighted by Gasteiger charge is -2.09. The van der Waals surface area contributed by atoms with Crippen LogP contribution in [0.1, 0.15) is 28.8 Å². The van der Waals surface area contributed by atoms with Crippen LogP contribution in [0.3, 0.4) is 0 Å². The molecule has 2 aromatic carbocycles. The first-order chi connectivity index (χ1) is 13.5. The molecular formula is C20H21N3O5. The molecule has 0 radical (unpaired) electrons. The third kappa shape index (κ3) is 5.54. The van der Waals surface area contributed by atoms with Gasteiger partial charge in [0.25, 0.3) is 11.6 Å². The molecule has 146 valence electrons. The molecule has 0 heterocycles. The van der Waals surface area contributed by atoms with E-state index in [0.29, 0.717) is 18.7 Å². The Kier molecular flexibility index (Phi) is 6.21. The van der Waals surface area contributed by atoms with Gasteiger partial charge in [0, 0.05) is 18.7 Å². The molecule has 1 fully saturated rings. The van der Waals surface area contributed by atoms with Gasteiger partial charge in [-0.1, -0.05) is 30.3 Å². The molecule has 8 nitrogen and oxygen atoms in total. The van der Waals surface area contributed by atoms with Crippen LogP contribution in [0.5, 0.6) is 0 Å². The number of hydrogen-bond acceptors (Lipinski definition) is 6. The fraction of sp³-hybridized carbons (Fsp3) is 0.300. The summed E-state index contributed by atoms with van der Waals surface area (Å²) in [7, 11) is 0. The van der Waals surface area contributed by atoms with E-state index in [1.54, 1.807) is 0 Å². The van der Waals surface area contributed by atoms with Crippen LogP contribution < -0.4 is 10.6 Å². The van der Waals surface area contributed by atoms with Gasteiger partial charge in [-0.05, 0) is 37.0 Å². The molecular weight excluding hydrogens is 362 g/mol. The molecule has 3 rings (SSSR count). The Morgan fingerprint density at radius 2 is 1.89 bits per heavy atom. The first kappa shape index (κ1) is 19.3. The highest BCUT2D eigenvalue weighted by molar-refractivity contribution is 5.93. The number of esters is 1. The summed E-state index contributed by atoms with van der Waals surface area (Å²) in [5, 5.41) is 17.0. The molecule has 1 saturated carbocycles. The van der Waals surface area contributed by atoms with Crippen molar-refractivity contribution in [3.05, 3.63) is 69.8 Å². The van der Waals surface area contributed by atoms with Gasteiger partial charge >= 0.3 is 5.97 Å². The summed E-state index contributed by atoms with van der Waals surface area (Å²) in [4.78, 5) is 34.6. The Morgan fingerprint density at radius 3 is 2.57 bits per heavy atom. The molecule has 0 bridgehead atoms. The van der Waals surface area contributed by atoms with Gasteiger partial charge in [-0.3, -0.25) is 14.9 Å². The Balaban J connectivity index is 1.49. The molecule has 0 unspecified atom stereocenters. The summed E-state index contributed by atoms with van der Waals surface area (Å²) in [5.41, 5.74) is 1.31. The predicted octanol–water partition coefficient (Wildman–Crippen LogP) is 2.68. The highest BCUT2D eigenvalue weighted by Crippen LogP contribution is 2.31. The highest BCUT2D eigenvalue weighted by Gasteiger charge is 2.26. The summed E-state index contributed by atoms with van der Waals surface area (Å²) in [6, 6.07) is 14.0. The van der Waals surface area contributed by atoms with E-state index in [1.807, 2.05) is 30.3 Å². The molecule has 0 atom stereocenters. The van der Waals surface area contributed by atoms with Crippen LogP contribution >= 0.6 is 0 Å². The number of carbonyl (C=O) groups is 2. The van der Waals surface area contributed by atoms with Crippen molar-refractivity contribution in [3.63, 3.8) is 0 Å². The maximum atomic E-state index is 12.1. The zero-order valence-corrected chi connectivity index (χ0v) is 15.2. The number of nitrogens with one attached hydrogen (secondary N) is 2. The van der Waals surface area contributed by atoms with Gasteiger partial charge in [-0.15, -0.1) is 0 Å². The number of ether oxygens (including phenoxy) is 1. The van der Waals surface area contributed by atoms with Crippen molar-refractivity contribution in [2.24, 2.45) is 0 Å². The Hall–Kier alpha value is -3.42. The Bertz CT molecular complexity index is 865. The fourth-order valence-corrected chi connectivity index (χ4v) is 2.64. The summed E-state index contributed by atoms with van der Waals surface area (Å²) in [6.07, 6.45) is 2.61. The summed E-state index contributed by atoms with van der Waals surface area (Å²) in [5.74, 6) is -1.20. The van der Waals surface area contributed by atoms with Crippen LogP contribution in [0.2, 0.25) is 0 Å². The standard InChI is InChI=1S/C20H21N3O5/c24-19(21-11-10-14-4-2-1-3-5-14)13-28-20(25)15-6-9-17(22-16-7-8-16)18(12-15)23(26)27/h1-6,9,12,16,22H,7-8,10-11,13H2,(H,21,24). The van der Waals surface area contributed by atoms with E-state index in [4.69, 9.17) is 4.74 Å². The number of nitrogens with zero attached hydrogens (tertiary/aromatic N) is 1. The number of hydrogen-bond donors (Lipinski definition) is 2. The molecule has 2 N–H and O–H groups in total. The molecule has 0 aliphatic heterocycles. The van der Waals surface area contributed by atoms with E-state index >= 15 is 0 Å². The van der Waals surface area contributed by atoms with Crippen molar-refractivity contribution in [1.29, 1.82) is 0 Å². The van der Waals surface area contributed by atoms with Crippen LogP contribution in [0.4, 0.5) is 11.4 Å². The van der Waals surface area contributed by atoms with Gasteiger partial charge in [0.2, 0.25) is 0 Å². The topological polar surface area (TPSA) is 111 Å². The minimum Gasteiger partial charge on any atom is -0.452 e. The lowest BCUT2D eigenvalue weighted by Crippen LogP contribution is -2.30. The van der Waals surface area contributed by atoms with Crippen molar-refractivity contribution in [3.8, 4) is 0 Å². The summed E-state index contributed by atoms with van der Waals surface area (Å²) >= 11 is 0. The zero-order chi connectivity index (χ0) is 19.9. The van der Waals surface area contributed by atoms with E-state index in [9.17, 15) is 19.7 Å². The highest BCUT2D eigenvalue weighted by atomic mass is 16.6. The monoisotopic (exact) mass is 383 g/mol. The summed E-state index contributed by atoms with van der Waals surface area (Å²) < 4.78 is 4.97. The van der Waals surface area contributed by atoms with Gasteiger partial charge in [0.1, 0.15) is 5.69 Å². The lowest BCUT2D eigenvalue weighted by atomic mass is 10.1. The third-order valence-corrected chi connectivity index (χ3v) is 4.28. The van der Waals surface area contributed by atoms with Crippen LogP contribution in [-0.4, -0.2) is 36.0 Å². The second-order valence-corrected chi connectivity index (χ2v) is 6.57. The van der Waals surface area contributed by atoms with Gasteiger partial charge in [0.05, 0.1) is 10.5 Å². The van der Waals surface area contributed by atoms with Crippen molar-refractivity contribution in [2.75, 3.05) is 18.5 Å². The molecule has 0 spiro atoms. The molecule has 28 heavy (non-hydrogen) atoms. The number of nitro benzene ring substituents is 1. The smallest absolute Gasteiger partial charge is 0.338 e. The van der Waals surface area contributed by atoms with Crippen LogP contribution in [0.15, 0.2) is 48.5 Å². The number of benzene rings is 2. The van der Waals surface area contributed by atoms with Gasteiger partial charge in [0.15, 0.2) is 6.61 Å². The van der Waals surface area contributed by atoms with Gasteiger partial charge < -0.3 is 15.4 Å². The Morgan fingerprint density at radius 1 is 1.14 bits per heavy atom. The van der Waals surface area contributed by atoms with E-state index in [2.05, 4.69) is 10.6 Å². The van der Waals surface area contributed by atoms with E-state index < -0.39 is 23.4 Å². The molecule has 1 aliphatic rings. The predicted molar refractivity (Wildman–Crippen MR) is 103 cm³/mol. The molecule has 8 heteroatoms. The third-order valence-electron chi connectivity index (χ3n) is 4.28. The molecule has 2 aromatic rings. The molecule has 1 aliphatic carbocycles. The second kappa shape index (κ2) is 8.98. The SMILES string of the molecule is O=C(COC(=O)c1ccc(NC2CC2)c([N+](=O)[O-])c1)NCCc1ccccc1. The number of carbonyl (C=O) groups excluding carboxylic acids is 2. The van der Waals surface area contributed by atoms with E-state index in [-0.39, 0.29) is 17.3 Å². The van der Waals surface area contributed by atoms with Gasteiger partial charge in [-0.2, -0.15) is 0 Å². The lowest BCUT2D eigenvalue weighted by molar-refractivity contribution is -0.384. The van der Waals surface area contributed by atoms with Crippen molar-refractivity contribution >= 4 is 23.3 Å². The number of nitro groups is 1. The largest absolute Gasteiger partial charge is 0.452 e. The van der Waals surface area contributed by atoms with Gasteiger partial charge in [-0.25, -0.2) is 4.79 Å². The average Bonchev–Trinajstić information content (AvgIpc) is 3.51. The van der Waals surface area contributed by atoms with E-state index in [0.717, 1.165) is 18.4 Å². The summed E-state index contributed by atoms with van der Waals surface area (Å²) in [6.45, 7) is -0.0170. The first-order valence-corrected chi connectivity index (χ1v) is 9.05. The second-order valence-electron chi connectivity index (χ2n) is 6.57. The molecule has 0 aromatic heterocycles. The minimum absolute atomic E-state index is 0.0325. The maximum absolute atomic E-state index is 12.1.